The number of carbonyl (C=O) groups excluding carboxylic acids is 1. The Kier molecular flexibility index (Phi) is 4.37. The van der Waals surface area contributed by atoms with E-state index < -0.39 is 12.1 Å². The highest BCUT2D eigenvalue weighted by molar-refractivity contribution is 5.80. The highest BCUT2D eigenvalue weighted by Gasteiger charge is 2.16. The van der Waals surface area contributed by atoms with Crippen molar-refractivity contribution in [3.05, 3.63) is 52.9 Å². The molecule has 1 aromatic carbocycles. The van der Waals surface area contributed by atoms with Gasteiger partial charge in [-0.2, -0.15) is 0 Å². The van der Waals surface area contributed by atoms with Crippen molar-refractivity contribution in [3.63, 3.8) is 0 Å². The second-order valence-corrected chi connectivity index (χ2v) is 5.12. The van der Waals surface area contributed by atoms with E-state index in [0.717, 1.165) is 0 Å². The van der Waals surface area contributed by atoms with E-state index in [4.69, 9.17) is 18.3 Å². The molecule has 0 saturated carbocycles. The van der Waals surface area contributed by atoms with Crippen LogP contribution in [0.4, 0.5) is 0 Å². The molecule has 0 radical (unpaired) electrons. The predicted octanol–water partition coefficient (Wildman–Crippen LogP) is 3.38. The third kappa shape index (κ3) is 3.17. The van der Waals surface area contributed by atoms with E-state index >= 15 is 0 Å². The summed E-state index contributed by atoms with van der Waals surface area (Å²) in [7, 11) is 0. The molecular weight excluding hydrogens is 312 g/mol. The van der Waals surface area contributed by atoms with Crippen molar-refractivity contribution in [2.75, 3.05) is 6.61 Å². The van der Waals surface area contributed by atoms with Gasteiger partial charge in [-0.3, -0.25) is 4.79 Å². The molecule has 0 bridgehead atoms. The quantitative estimate of drug-likeness (QED) is 0.668. The second kappa shape index (κ2) is 6.62. The Morgan fingerprint density at radius 3 is 2.75 bits per heavy atom. The van der Waals surface area contributed by atoms with Gasteiger partial charge >= 0.3 is 5.97 Å². The summed E-state index contributed by atoms with van der Waals surface area (Å²) in [4.78, 5) is 23.9. The molecule has 0 amide bonds. The third-order valence-corrected chi connectivity index (χ3v) is 3.39. The van der Waals surface area contributed by atoms with Crippen molar-refractivity contribution in [1.82, 2.24) is 0 Å². The number of ether oxygens (including phenoxy) is 2. The molecule has 0 aliphatic rings. The molecule has 2 heterocycles. The molecule has 1 unspecified atom stereocenters. The minimum absolute atomic E-state index is 0.225. The maximum atomic E-state index is 12.3. The Hall–Kier alpha value is -3.02. The number of fused-ring (bicyclic) bond motifs is 1. The summed E-state index contributed by atoms with van der Waals surface area (Å²) < 4.78 is 21.3. The van der Waals surface area contributed by atoms with E-state index in [0.29, 0.717) is 28.2 Å². The number of esters is 1. The SMILES string of the molecule is CCOC(=O)C(C)Oc1ccc2oc(-c3ccco3)cc(=O)c2c1. The second-order valence-electron chi connectivity index (χ2n) is 5.12. The third-order valence-electron chi connectivity index (χ3n) is 3.39. The van der Waals surface area contributed by atoms with Crippen molar-refractivity contribution in [1.29, 1.82) is 0 Å². The molecule has 24 heavy (non-hydrogen) atoms. The van der Waals surface area contributed by atoms with Crippen LogP contribution in [0.25, 0.3) is 22.5 Å². The number of carbonyl (C=O) groups is 1. The summed E-state index contributed by atoms with van der Waals surface area (Å²) in [6.07, 6.45) is 0.740. The summed E-state index contributed by atoms with van der Waals surface area (Å²) in [5, 5.41) is 0.360. The molecule has 2 aromatic heterocycles. The molecule has 0 aliphatic carbocycles. The summed E-state index contributed by atoms with van der Waals surface area (Å²) in [6.45, 7) is 3.59. The Balaban J connectivity index is 1.92. The summed E-state index contributed by atoms with van der Waals surface area (Å²) >= 11 is 0. The van der Waals surface area contributed by atoms with Crippen molar-refractivity contribution in [2.24, 2.45) is 0 Å². The van der Waals surface area contributed by atoms with Gasteiger partial charge in [0.05, 0.1) is 18.3 Å². The lowest BCUT2D eigenvalue weighted by atomic mass is 10.2. The van der Waals surface area contributed by atoms with Crippen LogP contribution in [-0.2, 0) is 9.53 Å². The van der Waals surface area contributed by atoms with E-state index in [9.17, 15) is 9.59 Å². The van der Waals surface area contributed by atoms with E-state index in [-0.39, 0.29) is 12.0 Å². The van der Waals surface area contributed by atoms with Gasteiger partial charge in [0.1, 0.15) is 11.3 Å². The zero-order valence-corrected chi connectivity index (χ0v) is 13.3. The fourth-order valence-electron chi connectivity index (χ4n) is 2.26. The van der Waals surface area contributed by atoms with Gasteiger partial charge in [-0.15, -0.1) is 0 Å². The van der Waals surface area contributed by atoms with E-state index in [1.165, 1.54) is 12.3 Å². The molecule has 0 N–H and O–H groups in total. The Bertz CT molecular complexity index is 907. The average Bonchev–Trinajstić information content (AvgIpc) is 3.10. The number of furan rings is 1. The minimum Gasteiger partial charge on any atom is -0.479 e. The van der Waals surface area contributed by atoms with Crippen molar-refractivity contribution in [3.8, 4) is 17.3 Å². The van der Waals surface area contributed by atoms with Crippen molar-refractivity contribution < 1.29 is 23.1 Å². The molecule has 0 fully saturated rings. The first-order chi connectivity index (χ1) is 11.6. The van der Waals surface area contributed by atoms with E-state index in [1.54, 1.807) is 44.2 Å². The van der Waals surface area contributed by atoms with Crippen LogP contribution in [0.3, 0.4) is 0 Å². The lowest BCUT2D eigenvalue weighted by molar-refractivity contribution is -0.150. The molecule has 0 saturated heterocycles. The lowest BCUT2D eigenvalue weighted by Gasteiger charge is -2.13. The van der Waals surface area contributed by atoms with Crippen LogP contribution in [0.15, 0.2) is 56.3 Å². The standard InChI is InChI=1S/C18H16O6/c1-3-21-18(20)11(2)23-12-6-7-15-13(9-12)14(19)10-17(24-15)16-5-4-8-22-16/h4-11H,3H2,1-2H3. The summed E-state index contributed by atoms with van der Waals surface area (Å²) in [5.41, 5.74) is 0.182. The van der Waals surface area contributed by atoms with Gasteiger partial charge in [-0.05, 0) is 44.2 Å². The first-order valence-electron chi connectivity index (χ1n) is 7.53. The number of hydrogen-bond donors (Lipinski definition) is 0. The Morgan fingerprint density at radius 1 is 1.21 bits per heavy atom. The van der Waals surface area contributed by atoms with Crippen molar-refractivity contribution >= 4 is 16.9 Å². The van der Waals surface area contributed by atoms with Gasteiger partial charge in [0, 0.05) is 6.07 Å². The number of benzene rings is 1. The van der Waals surface area contributed by atoms with Crippen LogP contribution < -0.4 is 10.2 Å². The summed E-state index contributed by atoms with van der Waals surface area (Å²) in [5.74, 6) is 0.759. The fourth-order valence-corrected chi connectivity index (χ4v) is 2.26. The van der Waals surface area contributed by atoms with Crippen LogP contribution in [0.5, 0.6) is 5.75 Å². The van der Waals surface area contributed by atoms with Crippen LogP contribution in [0.1, 0.15) is 13.8 Å². The molecule has 124 valence electrons. The molecule has 0 aliphatic heterocycles. The highest BCUT2D eigenvalue weighted by atomic mass is 16.6. The predicted molar refractivity (Wildman–Crippen MR) is 86.9 cm³/mol. The molecule has 3 rings (SSSR count). The van der Waals surface area contributed by atoms with Gasteiger partial charge in [0.15, 0.2) is 23.1 Å². The maximum absolute atomic E-state index is 12.3. The van der Waals surface area contributed by atoms with E-state index in [1.807, 2.05) is 0 Å². The van der Waals surface area contributed by atoms with Crippen LogP contribution in [0.2, 0.25) is 0 Å². The average molecular weight is 328 g/mol. The van der Waals surface area contributed by atoms with E-state index in [2.05, 4.69) is 0 Å². The maximum Gasteiger partial charge on any atom is 0.347 e. The number of hydrogen-bond acceptors (Lipinski definition) is 6. The highest BCUT2D eigenvalue weighted by Crippen LogP contribution is 2.25. The molecule has 3 aromatic rings. The molecule has 6 nitrogen and oxygen atoms in total. The van der Waals surface area contributed by atoms with Crippen LogP contribution >= 0.6 is 0 Å². The first-order valence-corrected chi connectivity index (χ1v) is 7.53. The smallest absolute Gasteiger partial charge is 0.347 e. The first kappa shape index (κ1) is 15.9. The van der Waals surface area contributed by atoms with Gasteiger partial charge < -0.3 is 18.3 Å². The normalized spacial score (nSPS) is 12.1. The van der Waals surface area contributed by atoms with Gasteiger partial charge in [-0.25, -0.2) is 4.79 Å². The molecule has 6 heteroatoms. The summed E-state index contributed by atoms with van der Waals surface area (Å²) in [6, 6.07) is 9.58. The zero-order chi connectivity index (χ0) is 17.1. The van der Waals surface area contributed by atoms with Crippen molar-refractivity contribution in [2.45, 2.75) is 20.0 Å². The zero-order valence-electron chi connectivity index (χ0n) is 13.3. The van der Waals surface area contributed by atoms with Gasteiger partial charge in [-0.1, -0.05) is 0 Å². The number of rotatable bonds is 5. The van der Waals surface area contributed by atoms with Crippen LogP contribution in [0, 0.1) is 0 Å². The van der Waals surface area contributed by atoms with Gasteiger partial charge in [0.2, 0.25) is 0 Å². The Morgan fingerprint density at radius 2 is 2.04 bits per heavy atom. The van der Waals surface area contributed by atoms with Gasteiger partial charge in [0.25, 0.3) is 0 Å². The Labute approximate surface area is 137 Å². The van der Waals surface area contributed by atoms with Crippen LogP contribution in [-0.4, -0.2) is 18.7 Å². The monoisotopic (exact) mass is 328 g/mol. The molecule has 0 spiro atoms. The largest absolute Gasteiger partial charge is 0.479 e. The minimum atomic E-state index is -0.767. The fraction of sp³-hybridized carbons (Fsp3) is 0.222. The molecular formula is C18H16O6. The lowest BCUT2D eigenvalue weighted by Crippen LogP contribution is -2.26. The molecule has 1 atom stereocenters. The topological polar surface area (TPSA) is 78.9 Å².